The molecule has 23 heteroatoms. The van der Waals surface area contributed by atoms with Gasteiger partial charge < -0.3 is 70.1 Å². The summed E-state index contributed by atoms with van der Waals surface area (Å²) in [5.74, 6) is -4.75. The lowest BCUT2D eigenvalue weighted by Crippen LogP contribution is -2.57. The fourth-order valence-corrected chi connectivity index (χ4v) is 8.05. The number of hydrogen-bond acceptors (Lipinski definition) is 15. The molecular weight excluding hydrogens is 1060 g/mol. The highest BCUT2D eigenvalue weighted by atomic mass is 35.5. The van der Waals surface area contributed by atoms with E-state index >= 15 is 0 Å². The van der Waals surface area contributed by atoms with Gasteiger partial charge in [0.15, 0.2) is 18.3 Å². The number of nitrogens with two attached hydrogens (primary N) is 1. The van der Waals surface area contributed by atoms with Gasteiger partial charge in [0.2, 0.25) is 5.91 Å². The summed E-state index contributed by atoms with van der Waals surface area (Å²) in [7, 11) is 2.44. The van der Waals surface area contributed by atoms with Crippen LogP contribution in [-0.2, 0) is 46.5 Å². The van der Waals surface area contributed by atoms with Crippen LogP contribution in [0.1, 0.15) is 52.7 Å². The Labute approximate surface area is 461 Å². The number of methoxy groups -OCH3 is 2. The minimum atomic E-state index is -1.85. The summed E-state index contributed by atoms with van der Waals surface area (Å²) in [6, 6.07) is 17.5. The van der Waals surface area contributed by atoms with Gasteiger partial charge >= 0.3 is 5.97 Å². The molecule has 79 heavy (non-hydrogen) atoms. The van der Waals surface area contributed by atoms with Gasteiger partial charge in [-0.15, -0.1) is 12.4 Å². The van der Waals surface area contributed by atoms with Crippen LogP contribution in [0.3, 0.4) is 0 Å². The summed E-state index contributed by atoms with van der Waals surface area (Å²) in [6.45, 7) is 11.1. The van der Waals surface area contributed by atoms with Crippen LogP contribution >= 0.6 is 12.4 Å². The molecule has 8 N–H and O–H groups in total. The predicted octanol–water partition coefficient (Wildman–Crippen LogP) is 4.97. The molecule has 3 aliphatic rings. The smallest absolute Gasteiger partial charge is 0.338 e. The summed E-state index contributed by atoms with van der Waals surface area (Å²) in [5, 5.41) is 53.4. The lowest BCUT2D eigenvalue weighted by Gasteiger charge is -2.29. The molecule has 0 aromatic heterocycles. The third-order valence-electron chi connectivity index (χ3n) is 12.0. The first-order valence-corrected chi connectivity index (χ1v) is 24.7. The Morgan fingerprint density at radius 1 is 0.722 bits per heavy atom. The van der Waals surface area contributed by atoms with Gasteiger partial charge in [0, 0.05) is 26.4 Å². The predicted molar refractivity (Wildman–Crippen MR) is 285 cm³/mol. The molecule has 432 valence electrons. The summed E-state index contributed by atoms with van der Waals surface area (Å²) in [6.07, 6.45) is -4.64. The van der Waals surface area contributed by atoms with Crippen LogP contribution in [0.4, 0.5) is 28.9 Å². The van der Waals surface area contributed by atoms with E-state index in [0.717, 1.165) is 25.3 Å². The van der Waals surface area contributed by atoms with Gasteiger partial charge in [-0.1, -0.05) is 90.1 Å². The van der Waals surface area contributed by atoms with E-state index in [-0.39, 0.29) is 61.0 Å². The van der Waals surface area contributed by atoms with Crippen LogP contribution in [0.2, 0.25) is 0 Å². The molecule has 3 aliphatic heterocycles. The largest absolute Gasteiger partial charge is 0.489 e. The first kappa shape index (κ1) is 65.1. The number of hydrogen-bond donors (Lipinski definition) is 7. The zero-order chi connectivity index (χ0) is 57.8. The number of ether oxygens (including phenoxy) is 5. The number of amides is 3. The van der Waals surface area contributed by atoms with Crippen molar-refractivity contribution in [3.8, 4) is 11.5 Å². The van der Waals surface area contributed by atoms with Crippen LogP contribution in [0, 0.1) is 34.1 Å². The summed E-state index contributed by atoms with van der Waals surface area (Å²) < 4.78 is 80.4. The van der Waals surface area contributed by atoms with Gasteiger partial charge in [0.1, 0.15) is 90.6 Å². The maximum absolute atomic E-state index is 13.8. The van der Waals surface area contributed by atoms with Crippen molar-refractivity contribution in [3.05, 3.63) is 144 Å². The van der Waals surface area contributed by atoms with E-state index in [1.165, 1.54) is 41.2 Å². The SMILES string of the molecule is CO[C@@H](C(=O)N[C@H]1COc2ccccc2N(Cc2cc(F)cc(F)c2)C1=O)[C@H](O)[C@@H](O)[C@H](O)/C=C/C(C)(C)C.CO[C@H]1C(=O)O[C@@H]([C@H](O)/C=C/C(C)(C)C)[C@H]1O.Cl.N[C@H]1COc2ccccc2N(Cc2cc(F)cc(F)c2)C1=O. The number of benzene rings is 4. The minimum Gasteiger partial charge on any atom is -0.489 e. The van der Waals surface area contributed by atoms with E-state index < -0.39 is 102 Å². The van der Waals surface area contributed by atoms with Crippen molar-refractivity contribution >= 4 is 47.5 Å². The highest BCUT2D eigenvalue weighted by molar-refractivity contribution is 6.01. The third-order valence-corrected chi connectivity index (χ3v) is 12.0. The lowest BCUT2D eigenvalue weighted by atomic mass is 9.94. The van der Waals surface area contributed by atoms with Crippen LogP contribution in [0.25, 0.3) is 0 Å². The Balaban J connectivity index is 0.000000282. The molecule has 1 fully saturated rings. The van der Waals surface area contributed by atoms with Crippen molar-refractivity contribution in [2.75, 3.05) is 37.2 Å². The highest BCUT2D eigenvalue weighted by Crippen LogP contribution is 2.34. The summed E-state index contributed by atoms with van der Waals surface area (Å²) in [4.78, 5) is 53.0. The fraction of sp³-hybridized carbons (Fsp3) is 0.429. The summed E-state index contributed by atoms with van der Waals surface area (Å²) >= 11 is 0. The average molecular weight is 1130 g/mol. The number of allylic oxidation sites excluding steroid dienone is 2. The van der Waals surface area contributed by atoms with E-state index in [0.29, 0.717) is 34.5 Å². The molecule has 0 unspecified atom stereocenters. The molecule has 0 radical (unpaired) electrons. The topological polar surface area (TPSA) is 260 Å². The van der Waals surface area contributed by atoms with E-state index in [2.05, 4.69) is 5.32 Å². The zero-order valence-corrected chi connectivity index (χ0v) is 45.6. The number of halogens is 5. The molecule has 0 aliphatic carbocycles. The number of aliphatic hydroxyl groups excluding tert-OH is 5. The number of anilines is 2. The quantitative estimate of drug-likeness (QED) is 0.0500. The molecular formula is C56H69ClF4N4O14. The van der Waals surface area contributed by atoms with Gasteiger partial charge in [-0.05, 0) is 70.5 Å². The molecule has 7 rings (SSSR count). The molecule has 0 saturated carbocycles. The van der Waals surface area contributed by atoms with Gasteiger partial charge in [-0.2, -0.15) is 0 Å². The second-order valence-electron chi connectivity index (χ2n) is 20.7. The second-order valence-corrected chi connectivity index (χ2v) is 20.7. The normalized spacial score (nSPS) is 21.2. The number of carbonyl (C=O) groups excluding carboxylic acids is 4. The minimum absolute atomic E-state index is 0. The molecule has 1 saturated heterocycles. The number of nitrogens with zero attached hydrogens (tertiary/aromatic N) is 2. The van der Waals surface area contributed by atoms with Crippen molar-refractivity contribution in [2.24, 2.45) is 16.6 Å². The lowest BCUT2D eigenvalue weighted by molar-refractivity contribution is -0.151. The zero-order valence-electron chi connectivity index (χ0n) is 44.8. The Morgan fingerprint density at radius 3 is 1.63 bits per heavy atom. The Kier molecular flexibility index (Phi) is 23.6. The van der Waals surface area contributed by atoms with E-state index in [1.54, 1.807) is 60.7 Å². The number of rotatable bonds is 14. The van der Waals surface area contributed by atoms with E-state index in [9.17, 15) is 62.3 Å². The molecule has 0 bridgehead atoms. The fourth-order valence-electron chi connectivity index (χ4n) is 8.05. The Hall–Kier alpha value is -6.47. The first-order valence-electron chi connectivity index (χ1n) is 24.7. The van der Waals surface area contributed by atoms with Gasteiger partial charge in [-0.25, -0.2) is 22.4 Å². The monoisotopic (exact) mass is 1130 g/mol. The number of fused-ring (bicyclic) bond motifs is 2. The van der Waals surface area contributed by atoms with Crippen LogP contribution < -0.4 is 30.3 Å². The first-order chi connectivity index (χ1) is 36.6. The number of aliphatic hydroxyl groups is 5. The molecule has 3 heterocycles. The Morgan fingerprint density at radius 2 is 1.18 bits per heavy atom. The van der Waals surface area contributed by atoms with Crippen LogP contribution in [0.15, 0.2) is 109 Å². The molecule has 0 spiro atoms. The maximum Gasteiger partial charge on any atom is 0.338 e. The summed E-state index contributed by atoms with van der Waals surface area (Å²) in [5.41, 5.74) is 6.79. The molecule has 18 nitrogen and oxygen atoms in total. The third kappa shape index (κ3) is 18.3. The maximum atomic E-state index is 13.8. The van der Waals surface area contributed by atoms with Crippen molar-refractivity contribution in [3.63, 3.8) is 0 Å². The number of carbonyl (C=O) groups is 4. The second kappa shape index (κ2) is 28.6. The van der Waals surface area contributed by atoms with Crippen LogP contribution in [0.5, 0.6) is 11.5 Å². The number of cyclic esters (lactones) is 1. The molecule has 10 atom stereocenters. The van der Waals surface area contributed by atoms with E-state index in [4.69, 9.17) is 29.4 Å². The van der Waals surface area contributed by atoms with E-state index in [1.807, 2.05) is 41.5 Å². The molecule has 4 aromatic rings. The number of para-hydroxylation sites is 4. The number of nitrogens with one attached hydrogen (secondary N) is 1. The Bertz CT molecular complexity index is 2740. The van der Waals surface area contributed by atoms with Gasteiger partial charge in [0.05, 0.1) is 24.5 Å². The van der Waals surface area contributed by atoms with Crippen molar-refractivity contribution < 1.29 is 86.0 Å². The van der Waals surface area contributed by atoms with Crippen molar-refractivity contribution in [1.82, 2.24) is 5.32 Å². The van der Waals surface area contributed by atoms with Crippen molar-refractivity contribution in [2.45, 2.75) is 116 Å². The van der Waals surface area contributed by atoms with Gasteiger partial charge in [0.25, 0.3) is 11.8 Å². The number of esters is 1. The van der Waals surface area contributed by atoms with Gasteiger partial charge in [-0.3, -0.25) is 14.4 Å². The molecule has 4 aromatic carbocycles. The average Bonchev–Trinajstić information content (AvgIpc) is 3.54. The highest BCUT2D eigenvalue weighted by Gasteiger charge is 2.47. The van der Waals surface area contributed by atoms with Crippen molar-refractivity contribution in [1.29, 1.82) is 0 Å². The van der Waals surface area contributed by atoms with Crippen LogP contribution in [-0.4, -0.2) is 138 Å². The standard InChI is InChI=1S/C28H34F2N2O7.C16H14F2N2O2.C12H20O5.ClH/c1-28(2,3)10-9-21(33)23(34)24(35)25(38-4)26(36)31-19-15-39-22-8-6-5-7-20(22)32(27(19)37)14-16-11-17(29)13-18(30)12-16;17-11-5-10(6-12(18)7-11)8-20-14-3-1-2-4-15(14)22-9-13(19)16(20)21;1-12(2,3)6-5-7(13)9-8(14)10(16-4)11(15)17-9;/h5-13,19,21,23-25,33-35H,14-15H2,1-4H3,(H,31,36);1-7,13H,8-9,19H2;5-10,13-14H,1-4H3;1H/b10-9+;;6-5+;/t19-,21+,23-,24+,25+;13-;7-,8-,9+,10-;/m001./s1. The molecule has 3 amide bonds.